The molecule has 2 amide bonds. The van der Waals surface area contributed by atoms with Gasteiger partial charge in [-0.15, -0.1) is 0 Å². The molecule has 0 radical (unpaired) electrons. The third-order valence-corrected chi connectivity index (χ3v) is 6.17. The Bertz CT molecular complexity index is 1430. The molecule has 0 saturated heterocycles. The average Bonchev–Trinajstić information content (AvgIpc) is 3.12. The fraction of sp³-hybridized carbons (Fsp3) is 0.115. The van der Waals surface area contributed by atoms with Gasteiger partial charge in [0.25, 0.3) is 5.91 Å². The molecule has 3 aromatic carbocycles. The first kappa shape index (κ1) is 21.0. The molecule has 164 valence electrons. The minimum atomic E-state index is -1.22. The maximum absolute atomic E-state index is 13.4. The smallest absolute Gasteiger partial charge is 0.354 e. The molecule has 33 heavy (non-hydrogen) atoms. The van der Waals surface area contributed by atoms with Crippen molar-refractivity contribution in [1.82, 2.24) is 4.57 Å². The third kappa shape index (κ3) is 3.58. The van der Waals surface area contributed by atoms with Crippen molar-refractivity contribution in [2.45, 2.75) is 19.4 Å². The van der Waals surface area contributed by atoms with Gasteiger partial charge in [-0.1, -0.05) is 60.1 Å². The number of halogens is 1. The molecule has 0 atom stereocenters. The number of hydrogen-bond acceptors (Lipinski definition) is 3. The van der Waals surface area contributed by atoms with Gasteiger partial charge in [0, 0.05) is 22.5 Å². The van der Waals surface area contributed by atoms with Crippen molar-refractivity contribution >= 4 is 46.0 Å². The summed E-state index contributed by atoms with van der Waals surface area (Å²) in [6.45, 7) is 0.358. The minimum Gasteiger partial charge on any atom is -0.477 e. The number of imide groups is 1. The van der Waals surface area contributed by atoms with Gasteiger partial charge in [0.2, 0.25) is 5.91 Å². The number of hydrogen-bond donors (Lipinski definition) is 1. The lowest BCUT2D eigenvalue weighted by Gasteiger charge is -2.27. The van der Waals surface area contributed by atoms with Crippen LogP contribution in [0.3, 0.4) is 0 Å². The van der Waals surface area contributed by atoms with E-state index in [4.69, 9.17) is 11.6 Å². The van der Waals surface area contributed by atoms with E-state index in [1.807, 2.05) is 30.3 Å². The average molecular weight is 459 g/mol. The van der Waals surface area contributed by atoms with Crippen LogP contribution < -0.4 is 4.90 Å². The van der Waals surface area contributed by atoms with Crippen molar-refractivity contribution in [3.05, 3.63) is 100 Å². The van der Waals surface area contributed by atoms with Crippen LogP contribution in [0.25, 0.3) is 10.9 Å². The first-order chi connectivity index (χ1) is 16.0. The highest BCUT2D eigenvalue weighted by Gasteiger charge is 2.37. The molecule has 0 fully saturated rings. The number of carboxylic acids is 1. The Balaban J connectivity index is 1.71. The van der Waals surface area contributed by atoms with Crippen LogP contribution in [0.4, 0.5) is 5.69 Å². The highest BCUT2D eigenvalue weighted by atomic mass is 35.5. The topological polar surface area (TPSA) is 79.6 Å². The van der Waals surface area contributed by atoms with Crippen LogP contribution in [0.15, 0.2) is 72.8 Å². The van der Waals surface area contributed by atoms with E-state index in [-0.39, 0.29) is 17.8 Å². The number of nitrogens with zero attached hydrogens (tertiary/aromatic N) is 2. The Kier molecular flexibility index (Phi) is 5.23. The van der Waals surface area contributed by atoms with Crippen LogP contribution in [0.1, 0.15) is 32.0 Å². The van der Waals surface area contributed by atoms with E-state index in [2.05, 4.69) is 0 Å². The Hall–Kier alpha value is -3.90. The molecule has 0 spiro atoms. The molecule has 1 N–H and O–H groups in total. The highest BCUT2D eigenvalue weighted by molar-refractivity contribution is 6.33. The third-order valence-electron chi connectivity index (χ3n) is 5.93. The van der Waals surface area contributed by atoms with E-state index < -0.39 is 17.8 Å². The maximum Gasteiger partial charge on any atom is 0.354 e. The van der Waals surface area contributed by atoms with E-state index in [9.17, 15) is 19.5 Å². The second-order valence-electron chi connectivity index (χ2n) is 7.92. The van der Waals surface area contributed by atoms with Gasteiger partial charge in [-0.25, -0.2) is 9.69 Å². The Morgan fingerprint density at radius 2 is 1.70 bits per heavy atom. The van der Waals surface area contributed by atoms with Gasteiger partial charge in [0.15, 0.2) is 5.69 Å². The zero-order valence-electron chi connectivity index (χ0n) is 17.5. The SMILES string of the molecule is O=C(O)c1c(N2C(=O)Cc3ccccc3C2=O)c2cc(Cl)ccc2n1CCc1ccccc1. The van der Waals surface area contributed by atoms with E-state index in [0.717, 1.165) is 10.5 Å². The monoisotopic (exact) mass is 458 g/mol. The maximum atomic E-state index is 13.4. The first-order valence-corrected chi connectivity index (χ1v) is 10.9. The molecule has 0 aliphatic carbocycles. The number of aromatic carboxylic acids is 1. The number of fused-ring (bicyclic) bond motifs is 2. The molecule has 0 bridgehead atoms. The molecule has 1 aromatic heterocycles. The molecule has 0 unspecified atom stereocenters. The molecular formula is C26H19ClN2O4. The lowest BCUT2D eigenvalue weighted by atomic mass is 9.97. The summed E-state index contributed by atoms with van der Waals surface area (Å²) in [6, 6.07) is 21.6. The van der Waals surface area contributed by atoms with Crippen LogP contribution in [-0.4, -0.2) is 27.5 Å². The van der Waals surface area contributed by atoms with Gasteiger partial charge >= 0.3 is 5.97 Å². The van der Waals surface area contributed by atoms with E-state index >= 15 is 0 Å². The van der Waals surface area contributed by atoms with Crippen molar-refractivity contribution in [3.8, 4) is 0 Å². The molecule has 6 nitrogen and oxygen atoms in total. The van der Waals surface area contributed by atoms with Crippen LogP contribution in [0.5, 0.6) is 0 Å². The Morgan fingerprint density at radius 1 is 0.970 bits per heavy atom. The fourth-order valence-corrected chi connectivity index (χ4v) is 4.63. The fourth-order valence-electron chi connectivity index (χ4n) is 4.46. The van der Waals surface area contributed by atoms with Crippen molar-refractivity contribution in [1.29, 1.82) is 0 Å². The summed E-state index contributed by atoms with van der Waals surface area (Å²) >= 11 is 6.25. The van der Waals surface area contributed by atoms with Gasteiger partial charge in [0.1, 0.15) is 0 Å². The number of aromatic nitrogens is 1. The summed E-state index contributed by atoms with van der Waals surface area (Å²) in [7, 11) is 0. The Labute approximate surface area is 194 Å². The van der Waals surface area contributed by atoms with E-state index in [0.29, 0.717) is 40.0 Å². The summed E-state index contributed by atoms with van der Waals surface area (Å²) in [5.41, 5.74) is 2.63. The summed E-state index contributed by atoms with van der Waals surface area (Å²) in [6.07, 6.45) is 0.593. The number of carbonyl (C=O) groups excluding carboxylic acids is 2. The predicted molar refractivity (Wildman–Crippen MR) is 126 cm³/mol. The van der Waals surface area contributed by atoms with Crippen LogP contribution in [0, 0.1) is 0 Å². The van der Waals surface area contributed by atoms with Crippen molar-refractivity contribution in [2.75, 3.05) is 4.90 Å². The second kappa shape index (κ2) is 8.22. The quantitative estimate of drug-likeness (QED) is 0.428. The number of anilines is 1. The van der Waals surface area contributed by atoms with Gasteiger partial charge < -0.3 is 9.67 Å². The van der Waals surface area contributed by atoms with Crippen LogP contribution in [-0.2, 0) is 24.2 Å². The minimum absolute atomic E-state index is 0.0121. The Morgan fingerprint density at radius 3 is 2.45 bits per heavy atom. The molecule has 2 heterocycles. The number of carboxylic acid groups (broad SMARTS) is 1. The number of amides is 2. The number of aryl methyl sites for hydroxylation is 2. The van der Waals surface area contributed by atoms with Gasteiger partial charge in [-0.05, 0) is 41.8 Å². The molecule has 7 heteroatoms. The van der Waals surface area contributed by atoms with Crippen LogP contribution in [0.2, 0.25) is 5.02 Å². The van der Waals surface area contributed by atoms with Crippen molar-refractivity contribution in [2.24, 2.45) is 0 Å². The molecule has 0 saturated carbocycles. The number of benzene rings is 3. The summed E-state index contributed by atoms with van der Waals surface area (Å²) in [4.78, 5) is 40.0. The molecule has 5 rings (SSSR count). The number of carbonyl (C=O) groups is 3. The summed E-state index contributed by atoms with van der Waals surface area (Å²) in [5, 5.41) is 11.0. The molecular weight excluding hydrogens is 440 g/mol. The van der Waals surface area contributed by atoms with Gasteiger partial charge in [-0.3, -0.25) is 9.59 Å². The zero-order chi connectivity index (χ0) is 23.1. The highest BCUT2D eigenvalue weighted by Crippen LogP contribution is 2.38. The van der Waals surface area contributed by atoms with E-state index in [1.165, 1.54) is 0 Å². The predicted octanol–water partition coefficient (Wildman–Crippen LogP) is 4.97. The van der Waals surface area contributed by atoms with Crippen LogP contribution >= 0.6 is 11.6 Å². The molecule has 1 aliphatic rings. The summed E-state index contributed by atoms with van der Waals surface area (Å²) < 4.78 is 1.65. The molecule has 4 aromatic rings. The first-order valence-electron chi connectivity index (χ1n) is 10.5. The normalized spacial score (nSPS) is 13.4. The van der Waals surface area contributed by atoms with Gasteiger partial charge in [0.05, 0.1) is 17.6 Å². The lowest BCUT2D eigenvalue weighted by Crippen LogP contribution is -2.43. The van der Waals surface area contributed by atoms with E-state index in [1.54, 1.807) is 47.0 Å². The molecule has 1 aliphatic heterocycles. The summed E-state index contributed by atoms with van der Waals surface area (Å²) in [5.74, 6) is -2.22. The van der Waals surface area contributed by atoms with Gasteiger partial charge in [-0.2, -0.15) is 0 Å². The standard InChI is InChI=1S/C26H19ClN2O4/c27-18-10-11-21-20(15-18)23(29-22(30)14-17-8-4-5-9-19(17)25(29)31)24(26(32)33)28(21)13-12-16-6-2-1-3-7-16/h1-11,15H,12-14H2,(H,32,33). The second-order valence-corrected chi connectivity index (χ2v) is 8.36. The largest absolute Gasteiger partial charge is 0.477 e. The van der Waals surface area contributed by atoms with Crippen molar-refractivity contribution < 1.29 is 19.5 Å². The van der Waals surface area contributed by atoms with Crippen molar-refractivity contribution in [3.63, 3.8) is 0 Å². The zero-order valence-corrected chi connectivity index (χ0v) is 18.2. The number of rotatable bonds is 5. The lowest BCUT2D eigenvalue weighted by molar-refractivity contribution is -0.117.